The molecule has 1 fully saturated rings. The Morgan fingerprint density at radius 2 is 2.10 bits per heavy atom. The predicted octanol–water partition coefficient (Wildman–Crippen LogP) is 2.52. The number of benzene rings is 1. The molecule has 1 saturated heterocycles. The minimum atomic E-state index is 0.125. The van der Waals surface area contributed by atoms with Crippen molar-refractivity contribution >= 4 is 17.7 Å². The maximum absolute atomic E-state index is 12.0. The van der Waals surface area contributed by atoms with Crippen molar-refractivity contribution < 1.29 is 9.32 Å². The summed E-state index contributed by atoms with van der Waals surface area (Å²) in [7, 11) is 0. The number of hydrogen-bond acceptors (Lipinski definition) is 5. The van der Waals surface area contributed by atoms with E-state index in [4.69, 9.17) is 4.52 Å². The first-order chi connectivity index (χ1) is 9.72. The molecule has 0 bridgehead atoms. The third-order valence-corrected chi connectivity index (χ3v) is 4.17. The fourth-order valence-corrected chi connectivity index (χ4v) is 2.68. The number of rotatable bonds is 4. The summed E-state index contributed by atoms with van der Waals surface area (Å²) >= 11 is 1.61. The smallest absolute Gasteiger partial charge is 0.253 e. The zero-order chi connectivity index (χ0) is 13.9. The number of amides is 1. The number of nitrogens with zero attached hydrogens (tertiary/aromatic N) is 3. The lowest BCUT2D eigenvalue weighted by Crippen LogP contribution is -2.41. The minimum Gasteiger partial charge on any atom is -0.339 e. The van der Waals surface area contributed by atoms with Crippen molar-refractivity contribution in [2.45, 2.75) is 24.0 Å². The number of thioether (sulfide) groups is 1. The van der Waals surface area contributed by atoms with Crippen LogP contribution < -0.4 is 0 Å². The minimum absolute atomic E-state index is 0.125. The van der Waals surface area contributed by atoms with E-state index in [0.717, 1.165) is 30.0 Å². The number of likely N-dealkylation sites (tertiary alicyclic amines) is 1. The average molecular weight is 289 g/mol. The van der Waals surface area contributed by atoms with Crippen LogP contribution in [0.2, 0.25) is 0 Å². The molecule has 6 heteroatoms. The van der Waals surface area contributed by atoms with Crippen molar-refractivity contribution in [3.8, 4) is 0 Å². The molecule has 0 atom stereocenters. The third kappa shape index (κ3) is 2.85. The lowest BCUT2D eigenvalue weighted by molar-refractivity contribution is 0.0652. The van der Waals surface area contributed by atoms with Crippen molar-refractivity contribution in [3.05, 3.63) is 41.5 Å². The molecule has 0 N–H and O–H groups in total. The van der Waals surface area contributed by atoms with Crippen LogP contribution in [-0.4, -0.2) is 34.0 Å². The Morgan fingerprint density at radius 1 is 1.35 bits per heavy atom. The fraction of sp³-hybridized carbons (Fsp3) is 0.357. The Morgan fingerprint density at radius 3 is 2.65 bits per heavy atom. The Labute approximate surface area is 121 Å². The predicted molar refractivity (Wildman–Crippen MR) is 75.6 cm³/mol. The SMILES string of the molecule is Cc1noc(CSc2ccc(C(=O)N3CCC3)cc2)n1. The molecule has 104 valence electrons. The fourth-order valence-electron chi connectivity index (χ4n) is 1.94. The topological polar surface area (TPSA) is 59.2 Å². The van der Waals surface area contributed by atoms with Gasteiger partial charge in [-0.05, 0) is 37.6 Å². The quantitative estimate of drug-likeness (QED) is 0.809. The summed E-state index contributed by atoms with van der Waals surface area (Å²) in [6, 6.07) is 7.67. The second kappa shape index (κ2) is 5.66. The molecule has 0 saturated carbocycles. The number of aryl methyl sites for hydroxylation is 1. The number of hydrogen-bond donors (Lipinski definition) is 0. The van der Waals surface area contributed by atoms with Gasteiger partial charge in [0.2, 0.25) is 5.89 Å². The summed E-state index contributed by atoms with van der Waals surface area (Å²) in [6.07, 6.45) is 1.11. The van der Waals surface area contributed by atoms with Gasteiger partial charge in [-0.1, -0.05) is 5.16 Å². The van der Waals surface area contributed by atoms with Crippen LogP contribution in [0.25, 0.3) is 0 Å². The first-order valence-electron chi connectivity index (χ1n) is 6.54. The normalized spacial score (nSPS) is 14.2. The van der Waals surface area contributed by atoms with E-state index in [1.165, 1.54) is 0 Å². The van der Waals surface area contributed by atoms with Crippen LogP contribution in [-0.2, 0) is 5.75 Å². The number of carbonyl (C=O) groups is 1. The van der Waals surface area contributed by atoms with Crippen molar-refractivity contribution in [3.63, 3.8) is 0 Å². The Bertz CT molecular complexity index is 605. The van der Waals surface area contributed by atoms with E-state index in [-0.39, 0.29) is 5.91 Å². The summed E-state index contributed by atoms with van der Waals surface area (Å²) < 4.78 is 5.06. The van der Waals surface area contributed by atoms with E-state index < -0.39 is 0 Å². The van der Waals surface area contributed by atoms with Crippen molar-refractivity contribution in [2.75, 3.05) is 13.1 Å². The van der Waals surface area contributed by atoms with E-state index in [1.54, 1.807) is 18.7 Å². The van der Waals surface area contributed by atoms with Crippen molar-refractivity contribution in [2.24, 2.45) is 0 Å². The Kier molecular flexibility index (Phi) is 3.73. The summed E-state index contributed by atoms with van der Waals surface area (Å²) in [5.41, 5.74) is 0.752. The molecule has 3 rings (SSSR count). The van der Waals surface area contributed by atoms with E-state index in [2.05, 4.69) is 10.1 Å². The van der Waals surface area contributed by atoms with Gasteiger partial charge in [0, 0.05) is 23.5 Å². The van der Waals surface area contributed by atoms with Crippen LogP contribution in [0.15, 0.2) is 33.7 Å². The van der Waals surface area contributed by atoms with Gasteiger partial charge < -0.3 is 9.42 Å². The molecule has 1 aromatic carbocycles. The Balaban J connectivity index is 1.59. The molecule has 0 spiro atoms. The summed E-state index contributed by atoms with van der Waals surface area (Å²) in [5.74, 6) is 2.03. The van der Waals surface area contributed by atoms with Crippen molar-refractivity contribution in [1.82, 2.24) is 15.0 Å². The second-order valence-corrected chi connectivity index (χ2v) is 5.74. The molecule has 20 heavy (non-hydrogen) atoms. The highest BCUT2D eigenvalue weighted by molar-refractivity contribution is 7.98. The van der Waals surface area contributed by atoms with Gasteiger partial charge in [0.25, 0.3) is 5.91 Å². The van der Waals surface area contributed by atoms with Gasteiger partial charge in [0.1, 0.15) is 0 Å². The van der Waals surface area contributed by atoms with Gasteiger partial charge in [-0.15, -0.1) is 11.8 Å². The number of carbonyl (C=O) groups excluding carboxylic acids is 1. The molecule has 0 radical (unpaired) electrons. The highest BCUT2D eigenvalue weighted by Crippen LogP contribution is 2.23. The zero-order valence-electron chi connectivity index (χ0n) is 11.2. The maximum atomic E-state index is 12.0. The maximum Gasteiger partial charge on any atom is 0.253 e. The summed E-state index contributed by atoms with van der Waals surface area (Å²) in [4.78, 5) is 19.1. The van der Waals surface area contributed by atoms with Crippen LogP contribution in [0.3, 0.4) is 0 Å². The van der Waals surface area contributed by atoms with Gasteiger partial charge >= 0.3 is 0 Å². The van der Waals surface area contributed by atoms with Crippen LogP contribution in [0.5, 0.6) is 0 Å². The molecular formula is C14H15N3O2S. The van der Waals surface area contributed by atoms with Crippen LogP contribution in [0.4, 0.5) is 0 Å². The second-order valence-electron chi connectivity index (χ2n) is 4.69. The highest BCUT2D eigenvalue weighted by Gasteiger charge is 2.21. The molecular weight excluding hydrogens is 274 g/mol. The van der Waals surface area contributed by atoms with Crippen LogP contribution in [0, 0.1) is 6.92 Å². The first-order valence-corrected chi connectivity index (χ1v) is 7.52. The summed E-state index contributed by atoms with van der Waals surface area (Å²) in [6.45, 7) is 3.56. The molecule has 0 unspecified atom stereocenters. The van der Waals surface area contributed by atoms with Crippen molar-refractivity contribution in [1.29, 1.82) is 0 Å². The van der Waals surface area contributed by atoms with Gasteiger partial charge in [-0.3, -0.25) is 4.79 Å². The lowest BCUT2D eigenvalue weighted by atomic mass is 10.1. The lowest BCUT2D eigenvalue weighted by Gasteiger charge is -2.30. The molecule has 1 aromatic heterocycles. The van der Waals surface area contributed by atoms with Gasteiger partial charge in [-0.25, -0.2) is 0 Å². The average Bonchev–Trinajstić information content (AvgIpc) is 2.81. The van der Waals surface area contributed by atoms with Gasteiger partial charge in [-0.2, -0.15) is 4.98 Å². The monoisotopic (exact) mass is 289 g/mol. The van der Waals surface area contributed by atoms with E-state index in [0.29, 0.717) is 17.5 Å². The zero-order valence-corrected chi connectivity index (χ0v) is 12.0. The molecule has 0 aliphatic carbocycles. The number of aromatic nitrogens is 2. The van der Waals surface area contributed by atoms with E-state index in [1.807, 2.05) is 29.2 Å². The molecule has 1 amide bonds. The first kappa shape index (κ1) is 13.2. The van der Waals surface area contributed by atoms with E-state index in [9.17, 15) is 4.79 Å². The summed E-state index contributed by atoms with van der Waals surface area (Å²) in [5, 5.41) is 3.75. The molecule has 2 heterocycles. The van der Waals surface area contributed by atoms with Gasteiger partial charge in [0.15, 0.2) is 5.82 Å². The van der Waals surface area contributed by atoms with Crippen LogP contribution in [0.1, 0.15) is 28.5 Å². The van der Waals surface area contributed by atoms with Crippen LogP contribution >= 0.6 is 11.8 Å². The molecule has 1 aliphatic heterocycles. The largest absolute Gasteiger partial charge is 0.339 e. The van der Waals surface area contributed by atoms with Gasteiger partial charge in [0.05, 0.1) is 5.75 Å². The highest BCUT2D eigenvalue weighted by atomic mass is 32.2. The molecule has 2 aromatic rings. The molecule has 5 nitrogen and oxygen atoms in total. The Hall–Kier alpha value is -1.82. The van der Waals surface area contributed by atoms with E-state index >= 15 is 0 Å². The third-order valence-electron chi connectivity index (χ3n) is 3.18. The molecule has 1 aliphatic rings. The standard InChI is InChI=1S/C14H15N3O2S/c1-10-15-13(19-16-10)9-20-12-5-3-11(4-6-12)14(18)17-7-2-8-17/h3-6H,2,7-9H2,1H3.